The molecule has 1 heterocycles. The Hall–Kier alpha value is -4.11. The fraction of sp³-hybridized carbons (Fsp3) is 0.154. The molecule has 4 aromatic rings. The average Bonchev–Trinajstić information content (AvgIpc) is 3.08. The SMILES string of the molecule is Cc1ccc(OC(=O)c2cccc(S(=O)(=O)N(C)c3c(C)n(C)n(-c4ccccc4)c3=O)c2)cc1. The van der Waals surface area contributed by atoms with Gasteiger partial charge in [0.1, 0.15) is 11.4 Å². The fourth-order valence-electron chi connectivity index (χ4n) is 3.75. The largest absolute Gasteiger partial charge is 0.423 e. The summed E-state index contributed by atoms with van der Waals surface area (Å²) < 4.78 is 36.3. The molecule has 0 saturated heterocycles. The van der Waals surface area contributed by atoms with Crippen molar-refractivity contribution in [1.82, 2.24) is 9.36 Å². The Morgan fingerprint density at radius 2 is 1.57 bits per heavy atom. The minimum atomic E-state index is -4.16. The number of nitrogens with zero attached hydrogens (tertiary/aromatic N) is 3. The number of hydrogen-bond donors (Lipinski definition) is 0. The first-order valence-electron chi connectivity index (χ1n) is 10.8. The molecule has 0 aliphatic carbocycles. The van der Waals surface area contributed by atoms with Gasteiger partial charge >= 0.3 is 5.97 Å². The molecule has 1 aromatic heterocycles. The van der Waals surface area contributed by atoms with Crippen molar-refractivity contribution in [3.63, 3.8) is 0 Å². The monoisotopic (exact) mass is 491 g/mol. The number of sulfonamides is 1. The van der Waals surface area contributed by atoms with E-state index in [4.69, 9.17) is 4.74 Å². The van der Waals surface area contributed by atoms with Gasteiger partial charge in [-0.05, 0) is 56.3 Å². The lowest BCUT2D eigenvalue weighted by Crippen LogP contribution is -2.32. The first-order valence-corrected chi connectivity index (χ1v) is 12.3. The normalized spacial score (nSPS) is 11.3. The van der Waals surface area contributed by atoms with Crippen molar-refractivity contribution in [1.29, 1.82) is 0 Å². The van der Waals surface area contributed by atoms with Crippen molar-refractivity contribution < 1.29 is 17.9 Å². The number of para-hydroxylation sites is 1. The van der Waals surface area contributed by atoms with Gasteiger partial charge in [-0.1, -0.05) is 42.0 Å². The summed E-state index contributed by atoms with van der Waals surface area (Å²) in [5.74, 6) is -0.330. The zero-order chi connectivity index (χ0) is 25.3. The van der Waals surface area contributed by atoms with Crippen molar-refractivity contribution in [2.45, 2.75) is 18.7 Å². The Morgan fingerprint density at radius 3 is 2.23 bits per heavy atom. The van der Waals surface area contributed by atoms with E-state index in [1.54, 1.807) is 55.1 Å². The molecule has 0 aliphatic rings. The second-order valence-electron chi connectivity index (χ2n) is 8.11. The van der Waals surface area contributed by atoms with E-state index >= 15 is 0 Å². The first kappa shape index (κ1) is 24.0. The van der Waals surface area contributed by atoms with Crippen molar-refractivity contribution in [2.24, 2.45) is 7.05 Å². The van der Waals surface area contributed by atoms with Gasteiger partial charge in [0.15, 0.2) is 0 Å². The molecule has 0 amide bonds. The zero-order valence-electron chi connectivity index (χ0n) is 19.8. The smallest absolute Gasteiger partial charge is 0.343 e. The molecule has 0 spiro atoms. The number of esters is 1. The standard InChI is InChI=1S/C26H25N3O5S/c1-18-13-15-22(16-14-18)34-26(31)20-9-8-12-23(17-20)35(32,33)28(4)24-19(2)27(3)29(25(24)30)21-10-6-5-7-11-21/h5-17H,1-4H3. The van der Waals surface area contributed by atoms with Crippen LogP contribution in [0.2, 0.25) is 0 Å². The van der Waals surface area contributed by atoms with Crippen LogP contribution in [0.1, 0.15) is 21.6 Å². The number of benzene rings is 3. The fourth-order valence-corrected chi connectivity index (χ4v) is 5.04. The minimum absolute atomic E-state index is 0.0176. The highest BCUT2D eigenvalue weighted by atomic mass is 32.2. The number of carbonyl (C=O) groups excluding carboxylic acids is 1. The van der Waals surface area contributed by atoms with Gasteiger partial charge in [-0.15, -0.1) is 0 Å². The predicted molar refractivity (Wildman–Crippen MR) is 134 cm³/mol. The molecule has 9 heteroatoms. The molecule has 8 nitrogen and oxygen atoms in total. The second-order valence-corrected chi connectivity index (χ2v) is 10.1. The molecular weight excluding hydrogens is 466 g/mol. The highest BCUT2D eigenvalue weighted by Gasteiger charge is 2.29. The molecule has 0 aliphatic heterocycles. The summed E-state index contributed by atoms with van der Waals surface area (Å²) in [7, 11) is -1.14. The summed E-state index contributed by atoms with van der Waals surface area (Å²) in [6.07, 6.45) is 0. The lowest BCUT2D eigenvalue weighted by atomic mass is 10.2. The molecule has 0 radical (unpaired) electrons. The van der Waals surface area contributed by atoms with Crippen LogP contribution in [0.5, 0.6) is 5.75 Å². The zero-order valence-corrected chi connectivity index (χ0v) is 20.6. The van der Waals surface area contributed by atoms with E-state index in [9.17, 15) is 18.0 Å². The number of ether oxygens (including phenoxy) is 1. The van der Waals surface area contributed by atoms with Crippen LogP contribution in [0.3, 0.4) is 0 Å². The van der Waals surface area contributed by atoms with Crippen molar-refractivity contribution in [2.75, 3.05) is 11.4 Å². The van der Waals surface area contributed by atoms with Crippen LogP contribution >= 0.6 is 0 Å². The molecule has 3 aromatic carbocycles. The van der Waals surface area contributed by atoms with E-state index in [-0.39, 0.29) is 16.1 Å². The van der Waals surface area contributed by atoms with Crippen LogP contribution in [0.15, 0.2) is 88.6 Å². The maximum Gasteiger partial charge on any atom is 0.343 e. The summed E-state index contributed by atoms with van der Waals surface area (Å²) in [4.78, 5) is 25.8. The van der Waals surface area contributed by atoms with E-state index in [1.807, 2.05) is 25.1 Å². The molecule has 180 valence electrons. The summed E-state index contributed by atoms with van der Waals surface area (Å²) in [5.41, 5.74) is 1.72. The Morgan fingerprint density at radius 1 is 0.914 bits per heavy atom. The van der Waals surface area contributed by atoms with E-state index in [2.05, 4.69) is 0 Å². The highest BCUT2D eigenvalue weighted by molar-refractivity contribution is 7.92. The molecule has 0 N–H and O–H groups in total. The summed E-state index contributed by atoms with van der Waals surface area (Å²) in [6, 6.07) is 21.5. The van der Waals surface area contributed by atoms with Crippen molar-refractivity contribution >= 4 is 21.7 Å². The molecule has 35 heavy (non-hydrogen) atoms. The summed E-state index contributed by atoms with van der Waals surface area (Å²) in [6.45, 7) is 3.59. The third kappa shape index (κ3) is 4.50. The highest BCUT2D eigenvalue weighted by Crippen LogP contribution is 2.25. The van der Waals surface area contributed by atoms with Crippen LogP contribution in [-0.2, 0) is 17.1 Å². The van der Waals surface area contributed by atoms with Crippen LogP contribution in [0.4, 0.5) is 5.69 Å². The third-order valence-corrected chi connectivity index (χ3v) is 7.55. The molecule has 0 atom stereocenters. The van der Waals surface area contributed by atoms with Gasteiger partial charge in [-0.3, -0.25) is 13.8 Å². The Kier molecular flexibility index (Phi) is 6.36. The molecule has 0 unspecified atom stereocenters. The van der Waals surface area contributed by atoms with E-state index in [0.29, 0.717) is 17.1 Å². The maximum atomic E-state index is 13.5. The second kappa shape index (κ2) is 9.27. The molecule has 0 fully saturated rings. The quantitative estimate of drug-likeness (QED) is 0.302. The van der Waals surface area contributed by atoms with Gasteiger partial charge in [-0.25, -0.2) is 17.9 Å². The topological polar surface area (TPSA) is 90.6 Å². The Balaban J connectivity index is 1.69. The number of aryl methyl sites for hydroxylation is 1. The minimum Gasteiger partial charge on any atom is -0.423 e. The Bertz CT molecular complexity index is 1550. The first-order chi connectivity index (χ1) is 16.6. The van der Waals surface area contributed by atoms with Crippen molar-refractivity contribution in [3.8, 4) is 11.4 Å². The van der Waals surface area contributed by atoms with Gasteiger partial charge in [0, 0.05) is 14.1 Å². The van der Waals surface area contributed by atoms with Gasteiger partial charge in [0.05, 0.1) is 21.8 Å². The van der Waals surface area contributed by atoms with Crippen LogP contribution in [0.25, 0.3) is 5.69 Å². The maximum absolute atomic E-state index is 13.5. The molecule has 0 saturated carbocycles. The van der Waals surface area contributed by atoms with E-state index in [1.165, 1.54) is 36.0 Å². The molecule has 4 rings (SSSR count). The van der Waals surface area contributed by atoms with Gasteiger partial charge in [0.25, 0.3) is 15.6 Å². The van der Waals surface area contributed by atoms with Crippen molar-refractivity contribution in [3.05, 3.63) is 106 Å². The molecular formula is C26H25N3O5S. The van der Waals surface area contributed by atoms with Gasteiger partial charge < -0.3 is 4.74 Å². The molecule has 0 bridgehead atoms. The summed E-state index contributed by atoms with van der Waals surface area (Å²) in [5, 5.41) is 0. The van der Waals surface area contributed by atoms with Crippen LogP contribution in [-0.4, -0.2) is 30.8 Å². The van der Waals surface area contributed by atoms with Gasteiger partial charge in [0.2, 0.25) is 0 Å². The lowest BCUT2D eigenvalue weighted by Gasteiger charge is -2.18. The number of anilines is 1. The predicted octanol–water partition coefficient (Wildman–Crippen LogP) is 3.84. The number of carbonyl (C=O) groups is 1. The third-order valence-electron chi connectivity index (χ3n) is 5.80. The van der Waals surface area contributed by atoms with Gasteiger partial charge in [-0.2, -0.15) is 0 Å². The van der Waals surface area contributed by atoms with E-state index < -0.39 is 21.6 Å². The van der Waals surface area contributed by atoms with Crippen LogP contribution in [0, 0.1) is 13.8 Å². The lowest BCUT2D eigenvalue weighted by molar-refractivity contribution is 0.0734. The average molecular weight is 492 g/mol. The number of aromatic nitrogens is 2. The number of rotatable bonds is 6. The van der Waals surface area contributed by atoms with E-state index in [0.717, 1.165) is 9.87 Å². The van der Waals surface area contributed by atoms with Crippen LogP contribution < -0.4 is 14.6 Å². The Labute approximate surface area is 203 Å². The summed E-state index contributed by atoms with van der Waals surface area (Å²) >= 11 is 0. The number of hydrogen-bond acceptors (Lipinski definition) is 5.